The van der Waals surface area contributed by atoms with E-state index in [1.54, 1.807) is 0 Å². The molecule has 0 fully saturated rings. The van der Waals surface area contributed by atoms with Crippen molar-refractivity contribution in [2.75, 3.05) is 33.7 Å². The third-order valence-corrected chi connectivity index (χ3v) is 3.71. The summed E-state index contributed by atoms with van der Waals surface area (Å²) in [5.74, 6) is 0. The van der Waals surface area contributed by atoms with E-state index in [1.807, 2.05) is 0 Å². The van der Waals surface area contributed by atoms with Gasteiger partial charge in [-0.15, -0.1) is 0 Å². The summed E-state index contributed by atoms with van der Waals surface area (Å²) >= 11 is 2.44. The van der Waals surface area contributed by atoms with Gasteiger partial charge in [0.1, 0.15) is 0 Å². The Hall–Kier alpha value is -0.0300. The van der Waals surface area contributed by atoms with Crippen LogP contribution in [0.1, 0.15) is 19.8 Å². The number of unbranched alkanes of at least 4 members (excludes halogenated alkanes) is 1. The zero-order valence-corrected chi connectivity index (χ0v) is 12.1. The molecule has 0 N–H and O–H groups in total. The molecule has 0 atom stereocenters. The van der Waals surface area contributed by atoms with Gasteiger partial charge in [0.25, 0.3) is 0 Å². The highest BCUT2D eigenvalue weighted by atomic mass is 127. The minimum absolute atomic E-state index is 1.04. The molecule has 3 heteroatoms. The Balaban J connectivity index is 2.45. The van der Waals surface area contributed by atoms with Crippen LogP contribution < -0.4 is 0 Å². The minimum Gasteiger partial charge on any atom is -0.376 e. The van der Waals surface area contributed by atoms with Gasteiger partial charge < -0.3 is 9.80 Å². The van der Waals surface area contributed by atoms with Crippen LogP contribution in [-0.4, -0.2) is 43.5 Å². The summed E-state index contributed by atoms with van der Waals surface area (Å²) in [6.07, 6.45) is 7.13. The first-order valence-electron chi connectivity index (χ1n) is 5.59. The second-order valence-electron chi connectivity index (χ2n) is 4.24. The van der Waals surface area contributed by atoms with E-state index in [4.69, 9.17) is 0 Å². The third-order valence-electron chi connectivity index (χ3n) is 2.58. The fraction of sp³-hybridized carbons (Fsp3) is 0.667. The number of likely N-dealkylation sites (N-methyl/N-ethyl adjacent to an activating group) is 2. The molecule has 0 amide bonds. The molecule has 15 heavy (non-hydrogen) atoms. The highest BCUT2D eigenvalue weighted by Gasteiger charge is 2.10. The Morgan fingerprint density at radius 1 is 1.53 bits per heavy atom. The Morgan fingerprint density at radius 3 is 2.93 bits per heavy atom. The second-order valence-corrected chi connectivity index (χ2v) is 5.40. The van der Waals surface area contributed by atoms with Gasteiger partial charge in [0.05, 0.1) is 0 Å². The van der Waals surface area contributed by atoms with Crippen LogP contribution in [0.15, 0.2) is 21.4 Å². The van der Waals surface area contributed by atoms with E-state index in [2.05, 4.69) is 65.7 Å². The lowest BCUT2D eigenvalue weighted by Crippen LogP contribution is -2.25. The van der Waals surface area contributed by atoms with Gasteiger partial charge >= 0.3 is 0 Å². The van der Waals surface area contributed by atoms with Crippen molar-refractivity contribution in [2.24, 2.45) is 0 Å². The SMILES string of the molecule is CCCCN(C)CC1=CN(C)CC=C1I. The molecule has 0 aromatic carbocycles. The fourth-order valence-corrected chi connectivity index (χ4v) is 2.16. The molecule has 1 rings (SSSR count). The van der Waals surface area contributed by atoms with Crippen LogP contribution >= 0.6 is 22.6 Å². The summed E-state index contributed by atoms with van der Waals surface area (Å²) in [5.41, 5.74) is 1.45. The first kappa shape index (κ1) is 13.0. The van der Waals surface area contributed by atoms with Crippen molar-refractivity contribution >= 4 is 22.6 Å². The molecule has 1 heterocycles. The maximum Gasteiger partial charge on any atom is 0.0364 e. The lowest BCUT2D eigenvalue weighted by molar-refractivity contribution is 0.352. The summed E-state index contributed by atoms with van der Waals surface area (Å²) in [6.45, 7) is 5.55. The number of halogens is 1. The van der Waals surface area contributed by atoms with Crippen molar-refractivity contribution in [1.82, 2.24) is 9.80 Å². The van der Waals surface area contributed by atoms with Gasteiger partial charge in [-0.2, -0.15) is 0 Å². The van der Waals surface area contributed by atoms with Crippen molar-refractivity contribution in [3.8, 4) is 0 Å². The predicted molar refractivity (Wildman–Crippen MR) is 75.2 cm³/mol. The van der Waals surface area contributed by atoms with Crippen molar-refractivity contribution in [3.05, 3.63) is 21.4 Å². The standard InChI is InChI=1S/C12H21IN2/c1-4-5-7-14(2)9-11-10-15(3)8-6-12(11)13/h6,10H,4-5,7-9H2,1-3H3. The molecule has 0 aromatic rings. The number of nitrogens with zero attached hydrogens (tertiary/aromatic N) is 2. The molecule has 1 aliphatic rings. The van der Waals surface area contributed by atoms with Gasteiger partial charge in [-0.25, -0.2) is 0 Å². The summed E-state index contributed by atoms with van der Waals surface area (Å²) in [7, 11) is 4.33. The number of hydrogen-bond acceptors (Lipinski definition) is 2. The van der Waals surface area contributed by atoms with E-state index in [0.29, 0.717) is 0 Å². The molecule has 1 aliphatic heterocycles. The van der Waals surface area contributed by atoms with E-state index in [-0.39, 0.29) is 0 Å². The van der Waals surface area contributed by atoms with E-state index in [1.165, 1.54) is 28.5 Å². The van der Waals surface area contributed by atoms with Crippen molar-refractivity contribution < 1.29 is 0 Å². The second kappa shape index (κ2) is 6.53. The maximum absolute atomic E-state index is 2.44. The smallest absolute Gasteiger partial charge is 0.0364 e. The average Bonchev–Trinajstić information content (AvgIpc) is 2.20. The number of hydrogen-bond donors (Lipinski definition) is 0. The minimum atomic E-state index is 1.04. The molecular weight excluding hydrogens is 299 g/mol. The summed E-state index contributed by atoms with van der Waals surface area (Å²) in [5, 5.41) is 0. The van der Waals surface area contributed by atoms with Crippen LogP contribution in [0, 0.1) is 0 Å². The zero-order chi connectivity index (χ0) is 11.3. The Labute approximate surface area is 107 Å². The molecule has 0 bridgehead atoms. The van der Waals surface area contributed by atoms with E-state index < -0.39 is 0 Å². The van der Waals surface area contributed by atoms with E-state index >= 15 is 0 Å². The van der Waals surface area contributed by atoms with Crippen LogP contribution in [0.2, 0.25) is 0 Å². The largest absolute Gasteiger partial charge is 0.376 e. The van der Waals surface area contributed by atoms with E-state index in [0.717, 1.165) is 13.1 Å². The molecule has 0 radical (unpaired) electrons. The van der Waals surface area contributed by atoms with Gasteiger partial charge in [0, 0.05) is 29.9 Å². The fourth-order valence-electron chi connectivity index (χ4n) is 1.65. The van der Waals surface area contributed by atoms with Crippen molar-refractivity contribution in [3.63, 3.8) is 0 Å². The number of rotatable bonds is 5. The van der Waals surface area contributed by atoms with Crippen LogP contribution in [0.5, 0.6) is 0 Å². The highest BCUT2D eigenvalue weighted by Crippen LogP contribution is 2.22. The van der Waals surface area contributed by atoms with Gasteiger partial charge in [-0.05, 0) is 48.2 Å². The van der Waals surface area contributed by atoms with E-state index in [9.17, 15) is 0 Å². The third kappa shape index (κ3) is 4.55. The highest BCUT2D eigenvalue weighted by molar-refractivity contribution is 14.1. The molecule has 0 spiro atoms. The predicted octanol–water partition coefficient (Wildman–Crippen LogP) is 2.87. The summed E-state index contributed by atoms with van der Waals surface area (Å²) < 4.78 is 1.41. The van der Waals surface area contributed by atoms with Gasteiger partial charge in [0.2, 0.25) is 0 Å². The van der Waals surface area contributed by atoms with Crippen LogP contribution in [-0.2, 0) is 0 Å². The van der Waals surface area contributed by atoms with Gasteiger partial charge in [0.15, 0.2) is 0 Å². The van der Waals surface area contributed by atoms with Crippen LogP contribution in [0.3, 0.4) is 0 Å². The van der Waals surface area contributed by atoms with Gasteiger partial charge in [-0.3, -0.25) is 0 Å². The topological polar surface area (TPSA) is 6.48 Å². The normalized spacial score (nSPS) is 16.7. The molecule has 86 valence electrons. The summed E-state index contributed by atoms with van der Waals surface area (Å²) in [4.78, 5) is 4.64. The lowest BCUT2D eigenvalue weighted by atomic mass is 10.2. The molecular formula is C12H21IN2. The Morgan fingerprint density at radius 2 is 2.27 bits per heavy atom. The molecule has 0 aliphatic carbocycles. The van der Waals surface area contributed by atoms with Crippen LogP contribution in [0.4, 0.5) is 0 Å². The molecule has 0 saturated heterocycles. The van der Waals surface area contributed by atoms with Crippen molar-refractivity contribution in [1.29, 1.82) is 0 Å². The quantitative estimate of drug-likeness (QED) is 0.719. The Bertz CT molecular complexity index is 258. The van der Waals surface area contributed by atoms with Gasteiger partial charge in [-0.1, -0.05) is 19.4 Å². The molecule has 0 unspecified atom stereocenters. The maximum atomic E-state index is 2.44. The Kier molecular flexibility index (Phi) is 5.68. The first-order chi connectivity index (χ1) is 7.13. The molecule has 0 saturated carbocycles. The average molecular weight is 320 g/mol. The summed E-state index contributed by atoms with van der Waals surface area (Å²) in [6, 6.07) is 0. The van der Waals surface area contributed by atoms with Crippen molar-refractivity contribution in [2.45, 2.75) is 19.8 Å². The molecule has 2 nitrogen and oxygen atoms in total. The lowest BCUT2D eigenvalue weighted by Gasteiger charge is -2.24. The van der Waals surface area contributed by atoms with Crippen LogP contribution in [0.25, 0.3) is 0 Å². The first-order valence-corrected chi connectivity index (χ1v) is 6.67. The zero-order valence-electron chi connectivity index (χ0n) is 9.96. The monoisotopic (exact) mass is 320 g/mol. The molecule has 0 aromatic heterocycles.